The van der Waals surface area contributed by atoms with E-state index in [4.69, 9.17) is 4.42 Å². The van der Waals surface area contributed by atoms with E-state index < -0.39 is 0 Å². The van der Waals surface area contributed by atoms with Crippen LogP contribution in [0.3, 0.4) is 0 Å². The molecule has 1 aliphatic heterocycles. The maximum Gasteiger partial charge on any atom is 0.255 e. The number of nitrogens with one attached hydrogen (secondary N) is 1. The number of furan rings is 1. The number of pyridine rings is 1. The lowest BCUT2D eigenvalue weighted by molar-refractivity contribution is 0.0765. The number of hydrogen-bond donors (Lipinski definition) is 1. The third-order valence-corrected chi connectivity index (χ3v) is 3.72. The van der Waals surface area contributed by atoms with Crippen LogP contribution in [0.2, 0.25) is 0 Å². The molecule has 3 rings (SSSR count). The highest BCUT2D eigenvalue weighted by atomic mass is 35.5. The second-order valence-electron chi connectivity index (χ2n) is 5.20. The van der Waals surface area contributed by atoms with Gasteiger partial charge >= 0.3 is 0 Å². The molecule has 5 nitrogen and oxygen atoms in total. The predicted octanol–water partition coefficient (Wildman–Crippen LogP) is 2.93. The van der Waals surface area contributed by atoms with Gasteiger partial charge in [-0.15, -0.1) is 24.8 Å². The highest BCUT2D eigenvalue weighted by Gasteiger charge is 2.19. The average molecular weight is 358 g/mol. The first-order chi connectivity index (χ1) is 10.3. The number of nitrogens with zero attached hydrogens (tertiary/aromatic N) is 2. The number of carbonyl (C=O) groups is 1. The molecule has 1 amide bonds. The first-order valence-corrected chi connectivity index (χ1v) is 7.27. The lowest BCUT2D eigenvalue weighted by atomic mass is 10.1. The van der Waals surface area contributed by atoms with E-state index >= 15 is 0 Å². The molecule has 0 aliphatic carbocycles. The zero-order valence-corrected chi connectivity index (χ0v) is 14.6. The van der Waals surface area contributed by atoms with Crippen molar-refractivity contribution in [2.75, 3.05) is 26.2 Å². The second kappa shape index (κ2) is 8.91. The van der Waals surface area contributed by atoms with E-state index in [0.29, 0.717) is 5.56 Å². The standard InChI is InChI=1S/C16H19N3O2.2ClH/c1-12-13(16(20)19-9-3-7-17-8-10-19)5-6-14(18-12)15-4-2-11-21-15;;/h2,4-6,11,17H,3,7-10H2,1H3;2*1H. The summed E-state index contributed by atoms with van der Waals surface area (Å²) in [6.45, 7) is 5.24. The Morgan fingerprint density at radius 1 is 1.22 bits per heavy atom. The number of amides is 1. The quantitative estimate of drug-likeness (QED) is 0.897. The molecule has 7 heteroatoms. The normalized spacial score (nSPS) is 14.4. The Hall–Kier alpha value is -1.56. The summed E-state index contributed by atoms with van der Waals surface area (Å²) in [5, 5.41) is 3.30. The summed E-state index contributed by atoms with van der Waals surface area (Å²) in [7, 11) is 0. The minimum absolute atomic E-state index is 0. The van der Waals surface area contributed by atoms with Crippen molar-refractivity contribution < 1.29 is 9.21 Å². The summed E-state index contributed by atoms with van der Waals surface area (Å²) < 4.78 is 5.34. The van der Waals surface area contributed by atoms with Crippen LogP contribution in [0.15, 0.2) is 34.9 Å². The lowest BCUT2D eigenvalue weighted by Gasteiger charge is -2.20. The molecule has 2 aromatic heterocycles. The fourth-order valence-corrected chi connectivity index (χ4v) is 2.57. The van der Waals surface area contributed by atoms with E-state index in [0.717, 1.165) is 49.7 Å². The van der Waals surface area contributed by atoms with Crippen LogP contribution in [0, 0.1) is 6.92 Å². The number of halogens is 2. The smallest absolute Gasteiger partial charge is 0.255 e. The summed E-state index contributed by atoms with van der Waals surface area (Å²) in [5.41, 5.74) is 2.17. The van der Waals surface area contributed by atoms with Gasteiger partial charge in [0.25, 0.3) is 5.91 Å². The number of rotatable bonds is 2. The van der Waals surface area contributed by atoms with Crippen LogP contribution in [-0.4, -0.2) is 42.0 Å². The van der Waals surface area contributed by atoms with E-state index in [1.165, 1.54) is 0 Å². The van der Waals surface area contributed by atoms with E-state index in [1.54, 1.807) is 6.26 Å². The Labute approximate surface area is 148 Å². The van der Waals surface area contributed by atoms with Gasteiger partial charge in [-0.05, 0) is 44.2 Å². The summed E-state index contributed by atoms with van der Waals surface area (Å²) >= 11 is 0. The van der Waals surface area contributed by atoms with Gasteiger partial charge in [0.15, 0.2) is 5.76 Å². The summed E-state index contributed by atoms with van der Waals surface area (Å²) in [5.74, 6) is 0.783. The average Bonchev–Trinajstić information content (AvgIpc) is 2.89. The zero-order valence-electron chi connectivity index (χ0n) is 12.9. The molecule has 126 valence electrons. The van der Waals surface area contributed by atoms with Gasteiger partial charge < -0.3 is 14.6 Å². The monoisotopic (exact) mass is 357 g/mol. The molecule has 0 unspecified atom stereocenters. The van der Waals surface area contributed by atoms with E-state index in [2.05, 4.69) is 10.3 Å². The first-order valence-electron chi connectivity index (χ1n) is 7.27. The molecule has 0 atom stereocenters. The van der Waals surface area contributed by atoms with Gasteiger partial charge in [0, 0.05) is 19.6 Å². The molecule has 23 heavy (non-hydrogen) atoms. The number of carbonyl (C=O) groups excluding carboxylic acids is 1. The van der Waals surface area contributed by atoms with Gasteiger partial charge in [0.05, 0.1) is 17.5 Å². The van der Waals surface area contributed by atoms with E-state index in [1.807, 2.05) is 36.1 Å². The second-order valence-corrected chi connectivity index (χ2v) is 5.20. The fourth-order valence-electron chi connectivity index (χ4n) is 2.57. The molecule has 1 fully saturated rings. The summed E-state index contributed by atoms with van der Waals surface area (Å²) in [4.78, 5) is 19.0. The van der Waals surface area contributed by atoms with Crippen LogP contribution in [0.1, 0.15) is 22.5 Å². The highest BCUT2D eigenvalue weighted by molar-refractivity contribution is 5.95. The van der Waals surface area contributed by atoms with E-state index in [-0.39, 0.29) is 30.7 Å². The molecule has 0 aromatic carbocycles. The van der Waals surface area contributed by atoms with Crippen molar-refractivity contribution in [3.63, 3.8) is 0 Å². The van der Waals surface area contributed by atoms with Crippen LogP contribution in [0.5, 0.6) is 0 Å². The molecule has 0 spiro atoms. The Kier molecular flexibility index (Phi) is 7.55. The molecule has 0 radical (unpaired) electrons. The minimum Gasteiger partial charge on any atom is -0.463 e. The van der Waals surface area contributed by atoms with Crippen molar-refractivity contribution in [3.8, 4) is 11.5 Å². The van der Waals surface area contributed by atoms with Crippen LogP contribution < -0.4 is 5.32 Å². The van der Waals surface area contributed by atoms with Crippen LogP contribution in [-0.2, 0) is 0 Å². The molecule has 1 N–H and O–H groups in total. The number of aryl methyl sites for hydroxylation is 1. The molecular weight excluding hydrogens is 337 g/mol. The van der Waals surface area contributed by atoms with Gasteiger partial charge in [-0.25, -0.2) is 4.98 Å². The maximum atomic E-state index is 12.6. The molecule has 3 heterocycles. The first kappa shape index (κ1) is 19.5. The largest absolute Gasteiger partial charge is 0.463 e. The van der Waals surface area contributed by atoms with Crippen LogP contribution in [0.4, 0.5) is 0 Å². The predicted molar refractivity (Wildman–Crippen MR) is 94.6 cm³/mol. The third kappa shape index (κ3) is 4.47. The van der Waals surface area contributed by atoms with E-state index in [9.17, 15) is 4.79 Å². The minimum atomic E-state index is 0. The summed E-state index contributed by atoms with van der Waals surface area (Å²) in [6, 6.07) is 7.38. The Morgan fingerprint density at radius 3 is 2.74 bits per heavy atom. The topological polar surface area (TPSA) is 58.4 Å². The Morgan fingerprint density at radius 2 is 2.04 bits per heavy atom. The zero-order chi connectivity index (χ0) is 14.7. The Bertz CT molecular complexity index is 624. The van der Waals surface area contributed by atoms with Crippen LogP contribution >= 0.6 is 24.8 Å². The van der Waals surface area contributed by atoms with Crippen molar-refractivity contribution in [1.29, 1.82) is 0 Å². The molecule has 1 saturated heterocycles. The van der Waals surface area contributed by atoms with Crippen molar-refractivity contribution in [1.82, 2.24) is 15.2 Å². The molecular formula is C16H21Cl2N3O2. The molecule has 0 saturated carbocycles. The summed E-state index contributed by atoms with van der Waals surface area (Å²) in [6.07, 6.45) is 2.61. The van der Waals surface area contributed by atoms with Gasteiger partial charge in [0.2, 0.25) is 0 Å². The van der Waals surface area contributed by atoms with Crippen LogP contribution in [0.25, 0.3) is 11.5 Å². The highest BCUT2D eigenvalue weighted by Crippen LogP contribution is 2.20. The van der Waals surface area contributed by atoms with Crippen molar-refractivity contribution in [2.24, 2.45) is 0 Å². The molecule has 0 bridgehead atoms. The Balaban J connectivity index is 0.00000132. The SMILES string of the molecule is Cc1nc(-c2ccco2)ccc1C(=O)N1CCCNCC1.Cl.Cl. The fraction of sp³-hybridized carbons (Fsp3) is 0.375. The number of hydrogen-bond acceptors (Lipinski definition) is 4. The third-order valence-electron chi connectivity index (χ3n) is 3.72. The molecule has 1 aliphatic rings. The maximum absolute atomic E-state index is 12.6. The number of aromatic nitrogens is 1. The van der Waals surface area contributed by atoms with Gasteiger partial charge in [-0.2, -0.15) is 0 Å². The van der Waals surface area contributed by atoms with Crippen molar-refractivity contribution in [3.05, 3.63) is 41.8 Å². The van der Waals surface area contributed by atoms with Crippen molar-refractivity contribution in [2.45, 2.75) is 13.3 Å². The van der Waals surface area contributed by atoms with Gasteiger partial charge in [-0.3, -0.25) is 4.79 Å². The van der Waals surface area contributed by atoms with Gasteiger partial charge in [0.1, 0.15) is 5.69 Å². The van der Waals surface area contributed by atoms with Crippen molar-refractivity contribution >= 4 is 30.7 Å². The lowest BCUT2D eigenvalue weighted by Crippen LogP contribution is -2.34. The molecule has 2 aromatic rings. The van der Waals surface area contributed by atoms with Gasteiger partial charge in [-0.1, -0.05) is 0 Å².